The fourth-order valence-corrected chi connectivity index (χ4v) is 3.83. The van der Waals surface area contributed by atoms with Crippen LogP contribution in [0, 0.1) is 13.8 Å². The summed E-state index contributed by atoms with van der Waals surface area (Å²) in [7, 11) is 0. The van der Waals surface area contributed by atoms with Crippen LogP contribution in [0.2, 0.25) is 0 Å². The van der Waals surface area contributed by atoms with E-state index in [-0.39, 0.29) is 0 Å². The number of nitrogens with zero attached hydrogens (tertiary/aromatic N) is 1. The van der Waals surface area contributed by atoms with Crippen LogP contribution in [0.1, 0.15) is 60.6 Å². The number of aryl methyl sites for hydroxylation is 2. The van der Waals surface area contributed by atoms with Crippen molar-refractivity contribution in [2.45, 2.75) is 65.0 Å². The molecule has 1 saturated heterocycles. The van der Waals surface area contributed by atoms with Gasteiger partial charge in [-0.15, -0.1) is 11.3 Å². The van der Waals surface area contributed by atoms with E-state index in [4.69, 9.17) is 0 Å². The Labute approximate surface area is 121 Å². The maximum atomic E-state index is 4.50. The molecule has 2 unspecified atom stereocenters. The fraction of sp³-hybridized carbons (Fsp3) is 0.800. The zero-order chi connectivity index (χ0) is 13.7. The lowest BCUT2D eigenvalue weighted by atomic mass is 10.0. The molecule has 3 nitrogen and oxygen atoms in total. The van der Waals surface area contributed by atoms with Gasteiger partial charge in [-0.1, -0.05) is 6.42 Å². The Hall–Kier alpha value is -0.450. The summed E-state index contributed by atoms with van der Waals surface area (Å²) in [4.78, 5) is 5.90. The summed E-state index contributed by atoms with van der Waals surface area (Å²) in [5.41, 5.74) is 1.19. The van der Waals surface area contributed by atoms with E-state index in [2.05, 4.69) is 36.4 Å². The third-order valence-corrected chi connectivity index (χ3v) is 5.18. The maximum absolute atomic E-state index is 4.50. The van der Waals surface area contributed by atoms with Gasteiger partial charge in [0, 0.05) is 17.0 Å². The SMILES string of the molecule is Cc1nc(C)c(C(C)NCCCC2CCCCN2)s1. The molecule has 0 radical (unpaired) electrons. The first-order chi connectivity index (χ1) is 9.16. The molecular formula is C15H27N3S. The second-order valence-corrected chi connectivity index (χ2v) is 6.88. The Kier molecular flexibility index (Phi) is 5.79. The van der Waals surface area contributed by atoms with Crippen LogP contribution in [-0.4, -0.2) is 24.1 Å². The summed E-state index contributed by atoms with van der Waals surface area (Å²) in [5.74, 6) is 0. The molecule has 2 rings (SSSR count). The second-order valence-electron chi connectivity index (χ2n) is 5.65. The largest absolute Gasteiger partial charge is 0.314 e. The van der Waals surface area contributed by atoms with Crippen molar-refractivity contribution >= 4 is 11.3 Å². The lowest BCUT2D eigenvalue weighted by molar-refractivity contribution is 0.370. The van der Waals surface area contributed by atoms with Gasteiger partial charge in [-0.3, -0.25) is 0 Å². The van der Waals surface area contributed by atoms with E-state index in [1.54, 1.807) is 0 Å². The zero-order valence-electron chi connectivity index (χ0n) is 12.5. The number of piperidine rings is 1. The molecule has 0 spiro atoms. The van der Waals surface area contributed by atoms with Crippen LogP contribution in [0.5, 0.6) is 0 Å². The van der Waals surface area contributed by atoms with E-state index in [9.17, 15) is 0 Å². The Morgan fingerprint density at radius 3 is 2.89 bits per heavy atom. The van der Waals surface area contributed by atoms with Gasteiger partial charge in [0.1, 0.15) is 0 Å². The van der Waals surface area contributed by atoms with Crippen molar-refractivity contribution in [3.63, 3.8) is 0 Å². The number of thiazole rings is 1. The lowest BCUT2D eigenvalue weighted by Gasteiger charge is -2.23. The van der Waals surface area contributed by atoms with Gasteiger partial charge in [0.25, 0.3) is 0 Å². The van der Waals surface area contributed by atoms with Crippen molar-refractivity contribution in [1.29, 1.82) is 0 Å². The molecule has 0 amide bonds. The maximum Gasteiger partial charge on any atom is 0.0900 e. The molecule has 2 atom stereocenters. The monoisotopic (exact) mass is 281 g/mol. The van der Waals surface area contributed by atoms with Crippen molar-refractivity contribution in [1.82, 2.24) is 15.6 Å². The molecule has 108 valence electrons. The fourth-order valence-electron chi connectivity index (χ4n) is 2.88. The Morgan fingerprint density at radius 2 is 2.26 bits per heavy atom. The van der Waals surface area contributed by atoms with Gasteiger partial charge in [-0.05, 0) is 59.5 Å². The predicted octanol–water partition coefficient (Wildman–Crippen LogP) is 3.33. The van der Waals surface area contributed by atoms with Crippen LogP contribution in [0.3, 0.4) is 0 Å². The summed E-state index contributed by atoms with van der Waals surface area (Å²) >= 11 is 1.82. The van der Waals surface area contributed by atoms with Gasteiger partial charge < -0.3 is 10.6 Å². The van der Waals surface area contributed by atoms with Crippen molar-refractivity contribution in [2.24, 2.45) is 0 Å². The lowest BCUT2D eigenvalue weighted by Crippen LogP contribution is -2.34. The molecule has 1 fully saturated rings. The summed E-state index contributed by atoms with van der Waals surface area (Å²) in [5, 5.41) is 8.42. The predicted molar refractivity (Wildman–Crippen MR) is 82.9 cm³/mol. The smallest absolute Gasteiger partial charge is 0.0900 e. The van der Waals surface area contributed by atoms with Crippen molar-refractivity contribution in [2.75, 3.05) is 13.1 Å². The van der Waals surface area contributed by atoms with Crippen LogP contribution in [-0.2, 0) is 0 Å². The Bertz CT molecular complexity index is 383. The third kappa shape index (κ3) is 4.55. The van der Waals surface area contributed by atoms with E-state index < -0.39 is 0 Å². The van der Waals surface area contributed by atoms with Gasteiger partial charge in [0.2, 0.25) is 0 Å². The molecule has 2 N–H and O–H groups in total. The van der Waals surface area contributed by atoms with Gasteiger partial charge >= 0.3 is 0 Å². The van der Waals surface area contributed by atoms with Crippen LogP contribution in [0.25, 0.3) is 0 Å². The molecule has 4 heteroatoms. The first-order valence-corrected chi connectivity index (χ1v) is 8.39. The minimum absolute atomic E-state index is 0.436. The second kappa shape index (κ2) is 7.36. The summed E-state index contributed by atoms with van der Waals surface area (Å²) < 4.78 is 0. The molecule has 1 aliphatic rings. The summed E-state index contributed by atoms with van der Waals surface area (Å²) in [6, 6.07) is 1.20. The minimum atomic E-state index is 0.436. The Morgan fingerprint density at radius 1 is 1.42 bits per heavy atom. The molecule has 2 heterocycles. The minimum Gasteiger partial charge on any atom is -0.314 e. The van der Waals surface area contributed by atoms with Gasteiger partial charge in [-0.2, -0.15) is 0 Å². The van der Waals surface area contributed by atoms with Crippen molar-refractivity contribution in [3.05, 3.63) is 15.6 Å². The molecule has 0 bridgehead atoms. The topological polar surface area (TPSA) is 37.0 Å². The molecule has 1 aromatic rings. The van der Waals surface area contributed by atoms with Gasteiger partial charge in [0.05, 0.1) is 10.7 Å². The first-order valence-electron chi connectivity index (χ1n) is 7.57. The number of rotatable bonds is 6. The van der Waals surface area contributed by atoms with E-state index in [0.29, 0.717) is 6.04 Å². The van der Waals surface area contributed by atoms with Gasteiger partial charge in [0.15, 0.2) is 0 Å². The third-order valence-electron chi connectivity index (χ3n) is 3.92. The molecule has 19 heavy (non-hydrogen) atoms. The summed E-state index contributed by atoms with van der Waals surface area (Å²) in [6.45, 7) is 8.77. The molecular weight excluding hydrogens is 254 g/mol. The van der Waals surface area contributed by atoms with Crippen LogP contribution in [0.4, 0.5) is 0 Å². The highest BCUT2D eigenvalue weighted by Gasteiger charge is 2.14. The average molecular weight is 281 g/mol. The molecule has 1 aliphatic heterocycles. The number of hydrogen-bond acceptors (Lipinski definition) is 4. The zero-order valence-corrected chi connectivity index (χ0v) is 13.3. The molecule has 1 aromatic heterocycles. The highest BCUT2D eigenvalue weighted by Crippen LogP contribution is 2.24. The van der Waals surface area contributed by atoms with Crippen molar-refractivity contribution < 1.29 is 0 Å². The van der Waals surface area contributed by atoms with Gasteiger partial charge in [-0.25, -0.2) is 4.98 Å². The van der Waals surface area contributed by atoms with E-state index >= 15 is 0 Å². The first kappa shape index (κ1) is 14.9. The normalized spacial score (nSPS) is 21.5. The van der Waals surface area contributed by atoms with E-state index in [1.165, 1.54) is 54.2 Å². The molecule has 0 saturated carbocycles. The highest BCUT2D eigenvalue weighted by atomic mass is 32.1. The highest BCUT2D eigenvalue weighted by molar-refractivity contribution is 7.11. The van der Waals surface area contributed by atoms with E-state index in [0.717, 1.165) is 12.6 Å². The summed E-state index contributed by atoms with van der Waals surface area (Å²) in [6.07, 6.45) is 6.69. The average Bonchev–Trinajstić information content (AvgIpc) is 2.75. The van der Waals surface area contributed by atoms with Crippen molar-refractivity contribution in [3.8, 4) is 0 Å². The Balaban J connectivity index is 1.66. The van der Waals surface area contributed by atoms with E-state index in [1.807, 2.05) is 11.3 Å². The number of nitrogens with one attached hydrogen (secondary N) is 2. The number of aromatic nitrogens is 1. The van der Waals surface area contributed by atoms with Crippen LogP contribution >= 0.6 is 11.3 Å². The van der Waals surface area contributed by atoms with Crippen LogP contribution < -0.4 is 10.6 Å². The number of hydrogen-bond donors (Lipinski definition) is 2. The van der Waals surface area contributed by atoms with Crippen LogP contribution in [0.15, 0.2) is 0 Å². The molecule has 0 aromatic carbocycles. The molecule has 0 aliphatic carbocycles. The standard InChI is InChI=1S/C15H27N3S/c1-11(15-12(2)18-13(3)19-15)16-10-6-8-14-7-4-5-9-17-14/h11,14,16-17H,4-10H2,1-3H3. The quantitative estimate of drug-likeness (QED) is 0.785.